The van der Waals surface area contributed by atoms with Crippen LogP contribution in [0.3, 0.4) is 0 Å². The Morgan fingerprint density at radius 1 is 1.50 bits per heavy atom. The van der Waals surface area contributed by atoms with Gasteiger partial charge in [-0.3, -0.25) is 4.79 Å². The molecule has 1 unspecified atom stereocenters. The predicted octanol–water partition coefficient (Wildman–Crippen LogP) is 1.17. The molecule has 1 atom stereocenters. The van der Waals surface area contributed by atoms with Crippen molar-refractivity contribution in [2.75, 3.05) is 13.1 Å². The van der Waals surface area contributed by atoms with Crippen LogP contribution < -0.4 is 0 Å². The van der Waals surface area contributed by atoms with Gasteiger partial charge in [-0.2, -0.15) is 4.31 Å². The van der Waals surface area contributed by atoms with Crippen LogP contribution in [0.4, 0.5) is 0 Å². The van der Waals surface area contributed by atoms with Crippen LogP contribution in [-0.2, 0) is 14.8 Å². The molecule has 0 aliphatic carbocycles. The van der Waals surface area contributed by atoms with E-state index in [1.165, 1.54) is 4.31 Å². The molecule has 1 aromatic rings. The fourth-order valence-electron chi connectivity index (χ4n) is 2.63. The first kappa shape index (κ1) is 15.0. The molecule has 1 aliphatic rings. The molecule has 1 fully saturated rings. The maximum Gasteiger partial charge on any atom is 0.303 e. The second-order valence-electron chi connectivity index (χ2n) is 5.12. The molecule has 0 amide bonds. The summed E-state index contributed by atoms with van der Waals surface area (Å²) >= 11 is 0. The Bertz CT molecular complexity index is 588. The SMILES string of the molecule is Cc1noc(C)c1S(=O)(=O)N1CCCC(CC(=O)O)C1. The third-order valence-corrected chi connectivity index (χ3v) is 5.62. The molecule has 0 spiro atoms. The van der Waals surface area contributed by atoms with E-state index in [2.05, 4.69) is 5.16 Å². The van der Waals surface area contributed by atoms with Crippen molar-refractivity contribution in [3.8, 4) is 0 Å². The lowest BCUT2D eigenvalue weighted by atomic mass is 9.96. The summed E-state index contributed by atoms with van der Waals surface area (Å²) in [6.07, 6.45) is 1.40. The van der Waals surface area contributed by atoms with E-state index in [0.29, 0.717) is 18.7 Å². The average Bonchev–Trinajstić information content (AvgIpc) is 2.69. The Kier molecular flexibility index (Phi) is 4.14. The topological polar surface area (TPSA) is 101 Å². The summed E-state index contributed by atoms with van der Waals surface area (Å²) < 4.78 is 31.5. The maximum atomic E-state index is 12.6. The maximum absolute atomic E-state index is 12.6. The second kappa shape index (κ2) is 5.53. The molecule has 1 saturated heterocycles. The van der Waals surface area contributed by atoms with Crippen molar-refractivity contribution in [1.82, 2.24) is 9.46 Å². The van der Waals surface area contributed by atoms with Crippen molar-refractivity contribution in [3.05, 3.63) is 11.5 Å². The van der Waals surface area contributed by atoms with Gasteiger partial charge in [0.2, 0.25) is 10.0 Å². The molecule has 0 bridgehead atoms. The molecule has 0 aromatic carbocycles. The van der Waals surface area contributed by atoms with Gasteiger partial charge >= 0.3 is 5.97 Å². The number of aromatic nitrogens is 1. The summed E-state index contributed by atoms with van der Waals surface area (Å²) in [5.41, 5.74) is 0.336. The number of carbonyl (C=O) groups is 1. The Morgan fingerprint density at radius 2 is 2.20 bits per heavy atom. The minimum absolute atomic E-state index is 0.00633. The van der Waals surface area contributed by atoms with E-state index < -0.39 is 16.0 Å². The largest absolute Gasteiger partial charge is 0.481 e. The Morgan fingerprint density at radius 3 is 2.75 bits per heavy atom. The molecule has 8 heteroatoms. The van der Waals surface area contributed by atoms with Crippen LogP contribution in [0.5, 0.6) is 0 Å². The molecular weight excluding hydrogens is 284 g/mol. The highest BCUT2D eigenvalue weighted by Crippen LogP contribution is 2.28. The van der Waals surface area contributed by atoms with E-state index in [4.69, 9.17) is 9.63 Å². The second-order valence-corrected chi connectivity index (χ2v) is 7.00. The first-order valence-corrected chi connectivity index (χ1v) is 7.91. The van der Waals surface area contributed by atoms with Gasteiger partial charge in [0.05, 0.1) is 0 Å². The number of sulfonamides is 1. The van der Waals surface area contributed by atoms with Gasteiger partial charge in [-0.15, -0.1) is 0 Å². The van der Waals surface area contributed by atoms with Crippen LogP contribution in [0, 0.1) is 19.8 Å². The smallest absolute Gasteiger partial charge is 0.303 e. The fraction of sp³-hybridized carbons (Fsp3) is 0.667. The lowest BCUT2D eigenvalue weighted by molar-refractivity contribution is -0.138. The van der Waals surface area contributed by atoms with E-state index in [9.17, 15) is 13.2 Å². The van der Waals surface area contributed by atoms with Crippen LogP contribution in [0.1, 0.15) is 30.7 Å². The van der Waals surface area contributed by atoms with Gasteiger partial charge in [-0.25, -0.2) is 8.42 Å². The summed E-state index contributed by atoms with van der Waals surface area (Å²) in [5.74, 6) is -0.772. The van der Waals surface area contributed by atoms with Gasteiger partial charge in [0, 0.05) is 19.5 Å². The molecule has 20 heavy (non-hydrogen) atoms. The number of aliphatic carboxylic acids is 1. The third-order valence-electron chi connectivity index (χ3n) is 3.51. The number of carboxylic acids is 1. The van der Waals surface area contributed by atoms with Crippen molar-refractivity contribution in [2.24, 2.45) is 5.92 Å². The van der Waals surface area contributed by atoms with Crippen LogP contribution in [0.25, 0.3) is 0 Å². The van der Waals surface area contributed by atoms with Gasteiger partial charge in [-0.05, 0) is 32.6 Å². The van der Waals surface area contributed by atoms with Crippen LogP contribution >= 0.6 is 0 Å². The Hall–Kier alpha value is -1.41. The summed E-state index contributed by atoms with van der Waals surface area (Å²) in [6.45, 7) is 3.79. The molecule has 7 nitrogen and oxygen atoms in total. The van der Waals surface area contributed by atoms with Gasteiger partial charge in [0.1, 0.15) is 10.6 Å². The summed E-state index contributed by atoms with van der Waals surface area (Å²) in [4.78, 5) is 10.9. The zero-order valence-corrected chi connectivity index (χ0v) is 12.3. The van der Waals surface area contributed by atoms with E-state index in [-0.39, 0.29) is 29.5 Å². The van der Waals surface area contributed by atoms with Crippen molar-refractivity contribution in [1.29, 1.82) is 0 Å². The zero-order chi connectivity index (χ0) is 14.9. The van der Waals surface area contributed by atoms with Crippen molar-refractivity contribution < 1.29 is 22.8 Å². The summed E-state index contributed by atoms with van der Waals surface area (Å²) in [5, 5.41) is 12.5. The fourth-order valence-corrected chi connectivity index (χ4v) is 4.48. The third kappa shape index (κ3) is 2.85. The number of hydrogen-bond donors (Lipinski definition) is 1. The first-order chi connectivity index (χ1) is 9.32. The highest BCUT2D eigenvalue weighted by atomic mass is 32.2. The number of hydrogen-bond acceptors (Lipinski definition) is 5. The van der Waals surface area contributed by atoms with E-state index >= 15 is 0 Å². The quantitative estimate of drug-likeness (QED) is 0.896. The molecule has 1 N–H and O–H groups in total. The van der Waals surface area contributed by atoms with Crippen LogP contribution in [-0.4, -0.2) is 42.0 Å². The number of aryl methyl sites for hydroxylation is 2. The zero-order valence-electron chi connectivity index (χ0n) is 11.5. The standard InChI is InChI=1S/C12H18N2O5S/c1-8-12(9(2)19-13-8)20(17,18)14-5-3-4-10(7-14)6-11(15)16/h10H,3-7H2,1-2H3,(H,15,16). The highest BCUT2D eigenvalue weighted by molar-refractivity contribution is 7.89. The summed E-state index contributed by atoms with van der Waals surface area (Å²) in [6, 6.07) is 0. The first-order valence-electron chi connectivity index (χ1n) is 6.47. The van der Waals surface area contributed by atoms with Crippen LogP contribution in [0.2, 0.25) is 0 Å². The number of carboxylic acid groups (broad SMARTS) is 1. The molecule has 1 aliphatic heterocycles. The Balaban J connectivity index is 2.24. The van der Waals surface area contributed by atoms with Crippen molar-refractivity contribution in [2.45, 2.75) is 38.0 Å². The highest BCUT2D eigenvalue weighted by Gasteiger charge is 2.34. The molecular formula is C12H18N2O5S. The number of nitrogens with zero attached hydrogens (tertiary/aromatic N) is 2. The molecule has 2 rings (SSSR count). The van der Waals surface area contributed by atoms with Gasteiger partial charge in [0.25, 0.3) is 0 Å². The number of rotatable bonds is 4. The predicted molar refractivity (Wildman–Crippen MR) is 69.7 cm³/mol. The molecule has 0 radical (unpaired) electrons. The van der Waals surface area contributed by atoms with Crippen molar-refractivity contribution >= 4 is 16.0 Å². The van der Waals surface area contributed by atoms with Gasteiger partial charge < -0.3 is 9.63 Å². The van der Waals surface area contributed by atoms with Crippen LogP contribution in [0.15, 0.2) is 9.42 Å². The normalized spacial score (nSPS) is 21.0. The molecule has 0 saturated carbocycles. The van der Waals surface area contributed by atoms with Crippen molar-refractivity contribution in [3.63, 3.8) is 0 Å². The Labute approximate surface area is 117 Å². The average molecular weight is 302 g/mol. The monoisotopic (exact) mass is 302 g/mol. The molecule has 112 valence electrons. The lowest BCUT2D eigenvalue weighted by Gasteiger charge is -2.31. The van der Waals surface area contributed by atoms with E-state index in [1.54, 1.807) is 13.8 Å². The van der Waals surface area contributed by atoms with E-state index in [0.717, 1.165) is 6.42 Å². The lowest BCUT2D eigenvalue weighted by Crippen LogP contribution is -2.40. The van der Waals surface area contributed by atoms with E-state index in [1.807, 2.05) is 0 Å². The molecule has 2 heterocycles. The van der Waals surface area contributed by atoms with Gasteiger partial charge in [-0.1, -0.05) is 5.16 Å². The summed E-state index contributed by atoms with van der Waals surface area (Å²) in [7, 11) is -3.66. The number of piperidine rings is 1. The molecule has 1 aromatic heterocycles. The van der Waals surface area contributed by atoms with Gasteiger partial charge in [0.15, 0.2) is 5.76 Å². The minimum Gasteiger partial charge on any atom is -0.481 e. The minimum atomic E-state index is -3.66.